The molecule has 3 heteroatoms. The average Bonchev–Trinajstić information content (AvgIpc) is 2.75. The number of hydrogen-bond donors (Lipinski definition) is 1. The molecule has 0 aromatic heterocycles. The second-order valence-electron chi connectivity index (χ2n) is 5.31. The summed E-state index contributed by atoms with van der Waals surface area (Å²) in [5.41, 5.74) is 1.97. The maximum Gasteiger partial charge on any atom is 0.252 e. The monoisotopic (exact) mass is 357 g/mol. The molecule has 0 radical (unpaired) electrons. The number of halogens is 1. The summed E-state index contributed by atoms with van der Waals surface area (Å²) in [6, 6.07) is 5.89. The van der Waals surface area contributed by atoms with Crippen molar-refractivity contribution >= 4 is 28.5 Å². The van der Waals surface area contributed by atoms with E-state index in [1.54, 1.807) is 0 Å². The molecule has 0 saturated heterocycles. The van der Waals surface area contributed by atoms with Gasteiger partial charge >= 0.3 is 0 Å². The Kier molecular flexibility index (Phi) is 4.65. The van der Waals surface area contributed by atoms with E-state index in [9.17, 15) is 4.79 Å². The van der Waals surface area contributed by atoms with Gasteiger partial charge in [0.2, 0.25) is 0 Å². The second kappa shape index (κ2) is 6.04. The van der Waals surface area contributed by atoms with Crippen molar-refractivity contribution < 1.29 is 4.79 Å². The predicted molar refractivity (Wildman–Crippen MR) is 82.7 cm³/mol. The Morgan fingerprint density at radius 3 is 2.89 bits per heavy atom. The van der Waals surface area contributed by atoms with Gasteiger partial charge in [-0.2, -0.15) is 0 Å². The van der Waals surface area contributed by atoms with Crippen molar-refractivity contribution in [3.8, 4) is 0 Å². The topological polar surface area (TPSA) is 29.1 Å². The standard InChI is InChI=1S/C15H20INO/c1-10-5-3-7-12(10)9-17-15(18)13-8-4-6-11(2)14(13)16/h4,6,8,10,12H,3,5,7,9H2,1-2H3,(H,17,18). The van der Waals surface area contributed by atoms with Crippen molar-refractivity contribution in [3.05, 3.63) is 32.9 Å². The van der Waals surface area contributed by atoms with Gasteiger partial charge in [0, 0.05) is 10.1 Å². The van der Waals surface area contributed by atoms with Crippen molar-refractivity contribution in [1.29, 1.82) is 0 Å². The molecule has 0 spiro atoms. The van der Waals surface area contributed by atoms with Crippen molar-refractivity contribution in [2.75, 3.05) is 6.54 Å². The van der Waals surface area contributed by atoms with Gasteiger partial charge in [-0.05, 0) is 59.4 Å². The highest BCUT2D eigenvalue weighted by molar-refractivity contribution is 14.1. The highest BCUT2D eigenvalue weighted by Crippen LogP contribution is 2.30. The summed E-state index contributed by atoms with van der Waals surface area (Å²) in [5.74, 6) is 1.49. The molecule has 1 aliphatic carbocycles. The van der Waals surface area contributed by atoms with Gasteiger partial charge < -0.3 is 5.32 Å². The third kappa shape index (κ3) is 3.05. The van der Waals surface area contributed by atoms with Crippen LogP contribution in [0.4, 0.5) is 0 Å². The molecule has 1 aromatic rings. The number of benzene rings is 1. The first-order chi connectivity index (χ1) is 8.59. The van der Waals surface area contributed by atoms with Crippen LogP contribution in [0, 0.1) is 22.3 Å². The molecule has 1 fully saturated rings. The van der Waals surface area contributed by atoms with Crippen LogP contribution in [-0.4, -0.2) is 12.5 Å². The number of hydrogen-bond acceptors (Lipinski definition) is 1. The van der Waals surface area contributed by atoms with E-state index in [0.29, 0.717) is 5.92 Å². The van der Waals surface area contributed by atoms with Gasteiger partial charge in [0.1, 0.15) is 0 Å². The molecular weight excluding hydrogens is 337 g/mol. The van der Waals surface area contributed by atoms with E-state index in [0.717, 1.165) is 27.2 Å². The Hall–Kier alpha value is -0.580. The van der Waals surface area contributed by atoms with Crippen molar-refractivity contribution in [2.45, 2.75) is 33.1 Å². The van der Waals surface area contributed by atoms with Gasteiger partial charge in [0.25, 0.3) is 5.91 Å². The molecule has 1 aliphatic rings. The highest BCUT2D eigenvalue weighted by atomic mass is 127. The van der Waals surface area contributed by atoms with Gasteiger partial charge in [-0.3, -0.25) is 4.79 Å². The number of rotatable bonds is 3. The molecule has 1 saturated carbocycles. The van der Waals surface area contributed by atoms with E-state index < -0.39 is 0 Å². The molecule has 0 aliphatic heterocycles. The SMILES string of the molecule is Cc1cccc(C(=O)NCC2CCCC2C)c1I. The summed E-state index contributed by atoms with van der Waals surface area (Å²) in [4.78, 5) is 12.2. The second-order valence-corrected chi connectivity index (χ2v) is 6.39. The maximum absolute atomic E-state index is 12.2. The van der Waals surface area contributed by atoms with E-state index in [2.05, 4.69) is 34.8 Å². The summed E-state index contributed by atoms with van der Waals surface area (Å²) >= 11 is 2.25. The maximum atomic E-state index is 12.2. The summed E-state index contributed by atoms with van der Waals surface area (Å²) in [6.45, 7) is 5.15. The van der Waals surface area contributed by atoms with Crippen LogP contribution in [0.15, 0.2) is 18.2 Å². The predicted octanol–water partition coefficient (Wildman–Crippen LogP) is 3.77. The lowest BCUT2D eigenvalue weighted by Crippen LogP contribution is -2.30. The molecule has 1 aromatic carbocycles. The lowest BCUT2D eigenvalue weighted by Gasteiger charge is -2.16. The Balaban J connectivity index is 1.97. The van der Waals surface area contributed by atoms with Crippen LogP contribution in [0.25, 0.3) is 0 Å². The Morgan fingerprint density at radius 1 is 1.44 bits per heavy atom. The third-order valence-electron chi connectivity index (χ3n) is 4.00. The van der Waals surface area contributed by atoms with Crippen LogP contribution in [0.3, 0.4) is 0 Å². The minimum Gasteiger partial charge on any atom is -0.352 e. The molecule has 1 amide bonds. The fraction of sp³-hybridized carbons (Fsp3) is 0.533. The first-order valence-electron chi connectivity index (χ1n) is 6.63. The fourth-order valence-electron chi connectivity index (χ4n) is 2.67. The zero-order valence-electron chi connectivity index (χ0n) is 11.0. The number of nitrogens with one attached hydrogen (secondary N) is 1. The van der Waals surface area contributed by atoms with Crippen LogP contribution in [-0.2, 0) is 0 Å². The van der Waals surface area contributed by atoms with Crippen LogP contribution >= 0.6 is 22.6 Å². The van der Waals surface area contributed by atoms with Gasteiger partial charge in [-0.1, -0.05) is 31.9 Å². The Bertz CT molecular complexity index is 444. The highest BCUT2D eigenvalue weighted by Gasteiger charge is 2.23. The molecule has 0 heterocycles. The zero-order chi connectivity index (χ0) is 13.1. The van der Waals surface area contributed by atoms with Gasteiger partial charge in [0.15, 0.2) is 0 Å². The smallest absolute Gasteiger partial charge is 0.252 e. The molecule has 2 nitrogen and oxygen atoms in total. The van der Waals surface area contributed by atoms with E-state index in [4.69, 9.17) is 0 Å². The third-order valence-corrected chi connectivity index (χ3v) is 5.43. The van der Waals surface area contributed by atoms with Crippen LogP contribution < -0.4 is 5.32 Å². The van der Waals surface area contributed by atoms with Crippen molar-refractivity contribution in [3.63, 3.8) is 0 Å². The summed E-state index contributed by atoms with van der Waals surface area (Å²) in [5, 5.41) is 3.10. The van der Waals surface area contributed by atoms with E-state index in [1.165, 1.54) is 19.3 Å². The van der Waals surface area contributed by atoms with Crippen LogP contribution in [0.1, 0.15) is 42.1 Å². The van der Waals surface area contributed by atoms with Gasteiger partial charge in [-0.15, -0.1) is 0 Å². The van der Waals surface area contributed by atoms with E-state index in [-0.39, 0.29) is 5.91 Å². The zero-order valence-corrected chi connectivity index (χ0v) is 13.2. The minimum atomic E-state index is 0.0715. The quantitative estimate of drug-likeness (QED) is 0.820. The normalized spacial score (nSPS) is 23.1. The minimum absolute atomic E-state index is 0.0715. The number of amides is 1. The Labute approximate surface area is 123 Å². The molecule has 2 unspecified atom stereocenters. The lowest BCUT2D eigenvalue weighted by atomic mass is 9.98. The average molecular weight is 357 g/mol. The summed E-state index contributed by atoms with van der Waals surface area (Å²) in [6.07, 6.45) is 3.87. The van der Waals surface area contributed by atoms with Gasteiger partial charge in [0.05, 0.1) is 5.56 Å². The molecule has 2 atom stereocenters. The molecule has 98 valence electrons. The van der Waals surface area contributed by atoms with E-state index >= 15 is 0 Å². The first-order valence-corrected chi connectivity index (χ1v) is 7.70. The fourth-order valence-corrected chi connectivity index (χ4v) is 3.27. The number of aryl methyl sites for hydroxylation is 1. The number of carbonyl (C=O) groups excluding carboxylic acids is 1. The molecule has 1 N–H and O–H groups in total. The van der Waals surface area contributed by atoms with Crippen LogP contribution in [0.5, 0.6) is 0 Å². The summed E-state index contributed by atoms with van der Waals surface area (Å²) in [7, 11) is 0. The molecule has 0 bridgehead atoms. The van der Waals surface area contributed by atoms with Crippen LogP contribution in [0.2, 0.25) is 0 Å². The summed E-state index contributed by atoms with van der Waals surface area (Å²) < 4.78 is 1.06. The molecular formula is C15H20INO. The van der Waals surface area contributed by atoms with Gasteiger partial charge in [-0.25, -0.2) is 0 Å². The Morgan fingerprint density at radius 2 is 2.22 bits per heavy atom. The number of carbonyl (C=O) groups is 1. The largest absolute Gasteiger partial charge is 0.352 e. The molecule has 18 heavy (non-hydrogen) atoms. The van der Waals surface area contributed by atoms with Crippen molar-refractivity contribution in [1.82, 2.24) is 5.32 Å². The van der Waals surface area contributed by atoms with Crippen molar-refractivity contribution in [2.24, 2.45) is 11.8 Å². The first kappa shape index (κ1) is 13.8. The molecule has 2 rings (SSSR count). The lowest BCUT2D eigenvalue weighted by molar-refractivity contribution is 0.0943. The van der Waals surface area contributed by atoms with E-state index in [1.807, 2.05) is 25.1 Å².